The highest BCUT2D eigenvalue weighted by Crippen LogP contribution is 2.25. The molecule has 3 rings (SSSR count). The fraction of sp³-hybridized carbons (Fsp3) is 0.192. The number of nitrogens with zero attached hydrogens (tertiary/aromatic N) is 3. The molecule has 1 aromatic heterocycles. The molecule has 1 amide bonds. The molecule has 0 atom stereocenters. The smallest absolute Gasteiger partial charge is 0.251 e. The standard InChI is InChI=1S/C26H27ClN4OS/c1-3-15-31(16-4-2)24-18-23(27)29-26(30-24)33-19-21-11-8-12-22(17-21)25(32)28-14-13-20-9-6-5-7-10-20/h3-12,17-18H,1-2,13-16,19H2,(H,28,32). The summed E-state index contributed by atoms with van der Waals surface area (Å²) in [7, 11) is 0. The summed E-state index contributed by atoms with van der Waals surface area (Å²) >= 11 is 7.71. The van der Waals surface area contributed by atoms with E-state index in [1.165, 1.54) is 17.3 Å². The minimum Gasteiger partial charge on any atom is -0.352 e. The van der Waals surface area contributed by atoms with Crippen molar-refractivity contribution in [1.82, 2.24) is 15.3 Å². The largest absolute Gasteiger partial charge is 0.352 e. The number of halogens is 1. The molecular formula is C26H27ClN4OS. The molecule has 5 nitrogen and oxygen atoms in total. The summed E-state index contributed by atoms with van der Waals surface area (Å²) in [5.74, 6) is 1.26. The van der Waals surface area contributed by atoms with E-state index in [4.69, 9.17) is 11.6 Å². The van der Waals surface area contributed by atoms with Crippen molar-refractivity contribution in [3.8, 4) is 0 Å². The minimum absolute atomic E-state index is 0.0800. The van der Waals surface area contributed by atoms with Crippen molar-refractivity contribution in [3.63, 3.8) is 0 Å². The topological polar surface area (TPSA) is 58.1 Å². The summed E-state index contributed by atoms with van der Waals surface area (Å²) in [5, 5.41) is 3.95. The first kappa shape index (κ1) is 24.6. The van der Waals surface area contributed by atoms with Crippen LogP contribution in [0, 0.1) is 0 Å². The second-order valence-electron chi connectivity index (χ2n) is 7.29. The Morgan fingerprint density at radius 3 is 2.45 bits per heavy atom. The first-order valence-electron chi connectivity index (χ1n) is 10.6. The fourth-order valence-corrected chi connectivity index (χ4v) is 4.23. The zero-order valence-corrected chi connectivity index (χ0v) is 20.0. The van der Waals surface area contributed by atoms with Crippen molar-refractivity contribution in [2.75, 3.05) is 24.5 Å². The maximum absolute atomic E-state index is 12.6. The van der Waals surface area contributed by atoms with Crippen LogP contribution in [-0.2, 0) is 12.2 Å². The van der Waals surface area contributed by atoms with E-state index in [2.05, 4.69) is 40.6 Å². The Morgan fingerprint density at radius 1 is 1.00 bits per heavy atom. The number of benzene rings is 2. The second-order valence-corrected chi connectivity index (χ2v) is 8.62. The summed E-state index contributed by atoms with van der Waals surface area (Å²) in [6.45, 7) is 9.44. The summed E-state index contributed by atoms with van der Waals surface area (Å²) < 4.78 is 0. The maximum atomic E-state index is 12.6. The third-order valence-electron chi connectivity index (χ3n) is 4.78. The molecule has 33 heavy (non-hydrogen) atoms. The molecule has 2 aromatic carbocycles. The number of carbonyl (C=O) groups is 1. The number of carbonyl (C=O) groups excluding carboxylic acids is 1. The van der Waals surface area contributed by atoms with Crippen LogP contribution >= 0.6 is 23.4 Å². The quantitative estimate of drug-likeness (QED) is 0.159. The van der Waals surface area contributed by atoms with Gasteiger partial charge in [-0.1, -0.05) is 78.0 Å². The van der Waals surface area contributed by atoms with Crippen molar-refractivity contribution >= 4 is 35.1 Å². The highest BCUT2D eigenvalue weighted by atomic mass is 35.5. The van der Waals surface area contributed by atoms with Crippen LogP contribution < -0.4 is 10.2 Å². The van der Waals surface area contributed by atoms with E-state index in [0.29, 0.717) is 41.3 Å². The first-order valence-corrected chi connectivity index (χ1v) is 12.0. The Balaban J connectivity index is 1.60. The molecule has 3 aromatic rings. The van der Waals surface area contributed by atoms with Gasteiger partial charge in [0.1, 0.15) is 11.0 Å². The molecule has 0 unspecified atom stereocenters. The molecule has 0 radical (unpaired) electrons. The van der Waals surface area contributed by atoms with E-state index in [-0.39, 0.29) is 5.91 Å². The van der Waals surface area contributed by atoms with Crippen LogP contribution in [0.3, 0.4) is 0 Å². The lowest BCUT2D eigenvalue weighted by Gasteiger charge is -2.20. The number of thioether (sulfide) groups is 1. The Bertz CT molecular complexity index is 1080. The summed E-state index contributed by atoms with van der Waals surface area (Å²) in [4.78, 5) is 23.5. The van der Waals surface area contributed by atoms with Gasteiger partial charge in [0, 0.05) is 37.0 Å². The second kappa shape index (κ2) is 12.8. The number of rotatable bonds is 12. The molecule has 0 saturated heterocycles. The Morgan fingerprint density at radius 2 is 1.73 bits per heavy atom. The maximum Gasteiger partial charge on any atom is 0.251 e. The lowest BCUT2D eigenvalue weighted by molar-refractivity contribution is 0.0954. The normalized spacial score (nSPS) is 10.5. The minimum atomic E-state index is -0.0800. The van der Waals surface area contributed by atoms with Crippen LogP contribution in [0.2, 0.25) is 5.15 Å². The van der Waals surface area contributed by atoms with Gasteiger partial charge in [0.25, 0.3) is 5.91 Å². The fourth-order valence-electron chi connectivity index (χ4n) is 3.20. The Hall–Kier alpha value is -3.09. The summed E-state index contributed by atoms with van der Waals surface area (Å²) in [6, 6.07) is 19.4. The van der Waals surface area contributed by atoms with Gasteiger partial charge >= 0.3 is 0 Å². The van der Waals surface area contributed by atoms with E-state index in [0.717, 1.165) is 17.8 Å². The average molecular weight is 479 g/mol. The number of hydrogen-bond donors (Lipinski definition) is 1. The van der Waals surface area contributed by atoms with Crippen molar-refractivity contribution in [2.24, 2.45) is 0 Å². The molecule has 0 spiro atoms. The van der Waals surface area contributed by atoms with Crippen molar-refractivity contribution in [1.29, 1.82) is 0 Å². The number of hydrogen-bond acceptors (Lipinski definition) is 5. The van der Waals surface area contributed by atoms with Crippen LogP contribution in [0.5, 0.6) is 0 Å². The van der Waals surface area contributed by atoms with E-state index >= 15 is 0 Å². The number of aromatic nitrogens is 2. The Kier molecular flexibility index (Phi) is 9.54. The van der Waals surface area contributed by atoms with Gasteiger partial charge in [0.2, 0.25) is 0 Å². The predicted molar refractivity (Wildman–Crippen MR) is 138 cm³/mol. The molecule has 0 bridgehead atoms. The van der Waals surface area contributed by atoms with Gasteiger partial charge in [-0.2, -0.15) is 0 Å². The lowest BCUT2D eigenvalue weighted by Crippen LogP contribution is -2.25. The molecule has 0 saturated carbocycles. The van der Waals surface area contributed by atoms with Gasteiger partial charge < -0.3 is 10.2 Å². The van der Waals surface area contributed by atoms with E-state index in [1.54, 1.807) is 6.07 Å². The molecule has 1 N–H and O–H groups in total. The molecule has 170 valence electrons. The zero-order chi connectivity index (χ0) is 23.5. The first-order chi connectivity index (χ1) is 16.1. The third kappa shape index (κ3) is 7.77. The van der Waals surface area contributed by atoms with Gasteiger partial charge in [-0.3, -0.25) is 4.79 Å². The van der Waals surface area contributed by atoms with Gasteiger partial charge in [0.15, 0.2) is 5.16 Å². The molecule has 0 fully saturated rings. The number of nitrogens with one attached hydrogen (secondary N) is 1. The zero-order valence-electron chi connectivity index (χ0n) is 18.4. The van der Waals surface area contributed by atoms with Gasteiger partial charge in [0.05, 0.1) is 0 Å². The van der Waals surface area contributed by atoms with Crippen LogP contribution in [0.15, 0.2) is 91.1 Å². The van der Waals surface area contributed by atoms with Gasteiger partial charge in [-0.25, -0.2) is 9.97 Å². The Labute approximate surface area is 204 Å². The number of amides is 1. The van der Waals surface area contributed by atoms with E-state index < -0.39 is 0 Å². The van der Waals surface area contributed by atoms with Crippen LogP contribution in [0.25, 0.3) is 0 Å². The molecule has 0 aliphatic rings. The lowest BCUT2D eigenvalue weighted by atomic mass is 10.1. The SMILES string of the molecule is C=CCN(CC=C)c1cc(Cl)nc(SCc2cccc(C(=O)NCCc3ccccc3)c2)n1. The third-order valence-corrected chi connectivity index (χ3v) is 5.90. The molecule has 0 aliphatic carbocycles. The van der Waals surface area contributed by atoms with Crippen molar-refractivity contribution in [2.45, 2.75) is 17.3 Å². The monoisotopic (exact) mass is 478 g/mol. The number of anilines is 1. The van der Waals surface area contributed by atoms with Crippen LogP contribution in [0.1, 0.15) is 21.5 Å². The average Bonchev–Trinajstić information content (AvgIpc) is 2.83. The summed E-state index contributed by atoms with van der Waals surface area (Å²) in [5.41, 5.74) is 2.84. The van der Waals surface area contributed by atoms with Gasteiger partial charge in [-0.15, -0.1) is 13.2 Å². The molecule has 7 heteroatoms. The van der Waals surface area contributed by atoms with E-state index in [9.17, 15) is 4.79 Å². The summed E-state index contributed by atoms with van der Waals surface area (Å²) in [6.07, 6.45) is 4.41. The van der Waals surface area contributed by atoms with E-state index in [1.807, 2.05) is 59.5 Å². The molecule has 1 heterocycles. The van der Waals surface area contributed by atoms with Crippen LogP contribution in [-0.4, -0.2) is 35.5 Å². The van der Waals surface area contributed by atoms with Gasteiger partial charge in [-0.05, 0) is 29.7 Å². The predicted octanol–water partition coefficient (Wildman–Crippen LogP) is 5.57. The van der Waals surface area contributed by atoms with Crippen molar-refractivity contribution < 1.29 is 4.79 Å². The molecular weight excluding hydrogens is 452 g/mol. The highest BCUT2D eigenvalue weighted by Gasteiger charge is 2.11. The highest BCUT2D eigenvalue weighted by molar-refractivity contribution is 7.98. The molecule has 0 aliphatic heterocycles. The van der Waals surface area contributed by atoms with Crippen molar-refractivity contribution in [3.05, 3.63) is 108 Å². The van der Waals surface area contributed by atoms with Crippen LogP contribution in [0.4, 0.5) is 5.82 Å².